The van der Waals surface area contributed by atoms with E-state index < -0.39 is 12.2 Å². The van der Waals surface area contributed by atoms with Gasteiger partial charge >= 0.3 is 0 Å². The standard InChI is InChI=1S/C16H19Cl2N3O3/c1-3-23-15(24-4-2)10-20-9-11(8-19)16(22)21-12-5-6-13(17)14(18)7-12/h5-7,9,15,20H,3-4,10H2,1-2H3,(H,21,22)/b11-9-. The Bertz CT molecular complexity index is 623. The lowest BCUT2D eigenvalue weighted by Crippen LogP contribution is -2.29. The van der Waals surface area contributed by atoms with Crippen molar-refractivity contribution in [3.8, 4) is 6.07 Å². The number of nitrogens with zero attached hydrogens (tertiary/aromatic N) is 1. The van der Waals surface area contributed by atoms with Crippen LogP contribution in [0.1, 0.15) is 13.8 Å². The zero-order valence-corrected chi connectivity index (χ0v) is 14.9. The van der Waals surface area contributed by atoms with Crippen LogP contribution < -0.4 is 10.6 Å². The van der Waals surface area contributed by atoms with Gasteiger partial charge in [-0.3, -0.25) is 4.79 Å². The predicted molar refractivity (Wildman–Crippen MR) is 93.8 cm³/mol. The number of benzene rings is 1. The molecule has 1 aromatic rings. The fourth-order valence-electron chi connectivity index (χ4n) is 1.72. The molecule has 0 atom stereocenters. The number of carbonyl (C=O) groups is 1. The van der Waals surface area contributed by atoms with Crippen molar-refractivity contribution >= 4 is 34.8 Å². The quantitative estimate of drug-likeness (QED) is 0.395. The molecule has 130 valence electrons. The largest absolute Gasteiger partial charge is 0.385 e. The lowest BCUT2D eigenvalue weighted by molar-refractivity contribution is -0.131. The van der Waals surface area contributed by atoms with E-state index in [4.69, 9.17) is 37.9 Å². The molecule has 1 amide bonds. The molecule has 0 saturated heterocycles. The molecule has 1 aromatic carbocycles. The van der Waals surface area contributed by atoms with E-state index in [-0.39, 0.29) is 5.57 Å². The van der Waals surface area contributed by atoms with Crippen molar-refractivity contribution in [3.05, 3.63) is 40.0 Å². The maximum Gasteiger partial charge on any atom is 0.267 e. The molecule has 24 heavy (non-hydrogen) atoms. The number of ether oxygens (including phenoxy) is 2. The second-order valence-corrected chi connectivity index (χ2v) is 5.32. The molecule has 0 aliphatic carbocycles. The molecule has 0 saturated carbocycles. The fraction of sp³-hybridized carbons (Fsp3) is 0.375. The number of amides is 1. The molecule has 0 fully saturated rings. The molecule has 6 nitrogen and oxygen atoms in total. The van der Waals surface area contributed by atoms with Gasteiger partial charge in [-0.2, -0.15) is 5.26 Å². The molecule has 0 unspecified atom stereocenters. The Kier molecular flexibility index (Phi) is 9.20. The molecule has 1 rings (SSSR count). The summed E-state index contributed by atoms with van der Waals surface area (Å²) in [6.45, 7) is 5.02. The van der Waals surface area contributed by atoms with Crippen LogP contribution in [0.5, 0.6) is 0 Å². The molecule has 0 radical (unpaired) electrons. The molecule has 2 N–H and O–H groups in total. The van der Waals surface area contributed by atoms with E-state index in [1.165, 1.54) is 12.3 Å². The van der Waals surface area contributed by atoms with Gasteiger partial charge < -0.3 is 20.1 Å². The van der Waals surface area contributed by atoms with Gasteiger partial charge in [0.15, 0.2) is 6.29 Å². The number of nitrogens with one attached hydrogen (secondary N) is 2. The third kappa shape index (κ3) is 6.77. The smallest absolute Gasteiger partial charge is 0.267 e. The fourth-order valence-corrected chi connectivity index (χ4v) is 2.01. The summed E-state index contributed by atoms with van der Waals surface area (Å²) in [5.74, 6) is -0.562. The summed E-state index contributed by atoms with van der Waals surface area (Å²) in [6.07, 6.45) is 0.868. The van der Waals surface area contributed by atoms with Crippen LogP contribution in [-0.2, 0) is 14.3 Å². The number of nitriles is 1. The van der Waals surface area contributed by atoms with Crippen molar-refractivity contribution in [3.63, 3.8) is 0 Å². The highest BCUT2D eigenvalue weighted by atomic mass is 35.5. The summed E-state index contributed by atoms with van der Waals surface area (Å²) in [5.41, 5.74) is 0.352. The Morgan fingerprint density at radius 1 is 1.29 bits per heavy atom. The van der Waals surface area contributed by atoms with Crippen molar-refractivity contribution in [2.24, 2.45) is 0 Å². The zero-order chi connectivity index (χ0) is 17.9. The first-order valence-electron chi connectivity index (χ1n) is 7.35. The SMILES string of the molecule is CCOC(CN/C=C(/C#N)C(=O)Nc1ccc(Cl)c(Cl)c1)OCC. The van der Waals surface area contributed by atoms with Gasteiger partial charge in [-0.15, -0.1) is 0 Å². The number of rotatable bonds is 9. The molecule has 8 heteroatoms. The van der Waals surface area contributed by atoms with E-state index in [9.17, 15) is 4.79 Å². The van der Waals surface area contributed by atoms with Crippen LogP contribution in [-0.4, -0.2) is 32.0 Å². The van der Waals surface area contributed by atoms with Crippen molar-refractivity contribution in [2.75, 3.05) is 25.1 Å². The monoisotopic (exact) mass is 371 g/mol. The molecule has 0 aliphatic rings. The molecule has 0 spiro atoms. The Morgan fingerprint density at radius 3 is 2.50 bits per heavy atom. The highest BCUT2D eigenvalue weighted by Gasteiger charge is 2.11. The zero-order valence-electron chi connectivity index (χ0n) is 13.4. The third-order valence-corrected chi connectivity index (χ3v) is 3.52. The molecule has 0 heterocycles. The number of hydrogen-bond donors (Lipinski definition) is 2. The summed E-state index contributed by atoms with van der Waals surface area (Å²) >= 11 is 11.7. The van der Waals surface area contributed by atoms with Crippen LogP contribution in [0.25, 0.3) is 0 Å². The second kappa shape index (κ2) is 10.9. The van der Waals surface area contributed by atoms with Crippen LogP contribution in [0.15, 0.2) is 30.0 Å². The molecule has 0 bridgehead atoms. The maximum absolute atomic E-state index is 12.1. The van der Waals surface area contributed by atoms with Crippen molar-refractivity contribution in [2.45, 2.75) is 20.1 Å². The van der Waals surface area contributed by atoms with Crippen molar-refractivity contribution in [1.82, 2.24) is 5.32 Å². The van der Waals surface area contributed by atoms with Gasteiger partial charge in [0, 0.05) is 25.1 Å². The van der Waals surface area contributed by atoms with E-state index in [1.54, 1.807) is 12.1 Å². The number of carbonyl (C=O) groups excluding carboxylic acids is 1. The minimum absolute atomic E-state index is 0.0900. The van der Waals surface area contributed by atoms with Crippen LogP contribution >= 0.6 is 23.2 Å². The molecule has 0 aromatic heterocycles. The highest BCUT2D eigenvalue weighted by molar-refractivity contribution is 6.42. The first-order valence-corrected chi connectivity index (χ1v) is 8.10. The average Bonchev–Trinajstić information content (AvgIpc) is 2.55. The lowest BCUT2D eigenvalue weighted by Gasteiger charge is -2.16. The minimum atomic E-state index is -0.562. The van der Waals surface area contributed by atoms with Gasteiger partial charge in [0.05, 0.1) is 16.6 Å². The Balaban J connectivity index is 2.65. The summed E-state index contributed by atoms with van der Waals surface area (Å²) in [5, 5.41) is 15.2. The topological polar surface area (TPSA) is 83.4 Å². The summed E-state index contributed by atoms with van der Waals surface area (Å²) in [7, 11) is 0. The van der Waals surface area contributed by atoms with Crippen LogP contribution in [0, 0.1) is 11.3 Å². The number of hydrogen-bond acceptors (Lipinski definition) is 5. The Hall–Kier alpha value is -1.78. The van der Waals surface area contributed by atoms with Crippen molar-refractivity contribution < 1.29 is 14.3 Å². The summed E-state index contributed by atoms with van der Waals surface area (Å²) in [4.78, 5) is 12.1. The molecule has 0 aliphatic heterocycles. The third-order valence-electron chi connectivity index (χ3n) is 2.78. The van der Waals surface area contributed by atoms with Crippen LogP contribution in [0.4, 0.5) is 5.69 Å². The first kappa shape index (κ1) is 20.3. The van der Waals surface area contributed by atoms with E-state index >= 15 is 0 Å². The second-order valence-electron chi connectivity index (χ2n) is 4.50. The van der Waals surface area contributed by atoms with Crippen molar-refractivity contribution in [1.29, 1.82) is 5.26 Å². The number of anilines is 1. The van der Waals surface area contributed by atoms with Crippen LogP contribution in [0.2, 0.25) is 10.0 Å². The normalized spacial score (nSPS) is 11.2. The predicted octanol–water partition coefficient (Wildman–Crippen LogP) is 3.33. The Morgan fingerprint density at radius 2 is 1.96 bits per heavy atom. The van der Waals surface area contributed by atoms with Gasteiger partial charge in [0.1, 0.15) is 11.6 Å². The number of halogens is 2. The highest BCUT2D eigenvalue weighted by Crippen LogP contribution is 2.25. The minimum Gasteiger partial charge on any atom is -0.385 e. The molecular weight excluding hydrogens is 353 g/mol. The summed E-state index contributed by atoms with van der Waals surface area (Å²) < 4.78 is 10.7. The van der Waals surface area contributed by atoms with E-state index in [1.807, 2.05) is 19.9 Å². The average molecular weight is 372 g/mol. The lowest BCUT2D eigenvalue weighted by atomic mass is 10.2. The van der Waals surface area contributed by atoms with E-state index in [0.717, 1.165) is 0 Å². The van der Waals surface area contributed by atoms with E-state index in [2.05, 4.69) is 10.6 Å². The molecular formula is C16H19Cl2N3O3. The summed E-state index contributed by atoms with van der Waals surface area (Å²) in [6, 6.07) is 6.49. The van der Waals surface area contributed by atoms with Gasteiger partial charge in [0.25, 0.3) is 5.91 Å². The van der Waals surface area contributed by atoms with E-state index in [0.29, 0.717) is 35.5 Å². The first-order chi connectivity index (χ1) is 11.5. The van der Waals surface area contributed by atoms with Gasteiger partial charge in [-0.1, -0.05) is 23.2 Å². The van der Waals surface area contributed by atoms with Gasteiger partial charge in [0.2, 0.25) is 0 Å². The van der Waals surface area contributed by atoms with Gasteiger partial charge in [-0.25, -0.2) is 0 Å². The Labute approximate surface area is 151 Å². The maximum atomic E-state index is 12.1. The van der Waals surface area contributed by atoms with Gasteiger partial charge in [-0.05, 0) is 32.0 Å². The van der Waals surface area contributed by atoms with Crippen LogP contribution in [0.3, 0.4) is 0 Å².